The summed E-state index contributed by atoms with van der Waals surface area (Å²) < 4.78 is 0. The minimum absolute atomic E-state index is 0.383. The molecule has 0 spiro atoms. The van der Waals surface area contributed by atoms with Crippen LogP contribution in [0.3, 0.4) is 0 Å². The predicted molar refractivity (Wildman–Crippen MR) is 85.7 cm³/mol. The van der Waals surface area contributed by atoms with Crippen LogP contribution < -0.4 is 11.3 Å². The molecule has 4 atom stereocenters. The molecular formula is C19H22N2. The van der Waals surface area contributed by atoms with E-state index in [-0.39, 0.29) is 0 Å². The molecule has 2 heteroatoms. The standard InChI is InChI=1S/C19H22N2/c20-21-17(12-13-6-2-1-3-7-13)19-16-11-10-14-8-4-5-9-15(14)18(16)19/h1-9,16-19,21H,10-12,20H2. The van der Waals surface area contributed by atoms with Crippen LogP contribution in [0.1, 0.15) is 29.0 Å². The van der Waals surface area contributed by atoms with Gasteiger partial charge in [0, 0.05) is 6.04 Å². The molecule has 0 aromatic heterocycles. The lowest BCUT2D eigenvalue weighted by Gasteiger charge is -2.16. The van der Waals surface area contributed by atoms with E-state index in [9.17, 15) is 0 Å². The Hall–Kier alpha value is -1.64. The molecule has 2 aliphatic rings. The summed E-state index contributed by atoms with van der Waals surface area (Å²) in [6.45, 7) is 0. The lowest BCUT2D eigenvalue weighted by Crippen LogP contribution is -2.39. The van der Waals surface area contributed by atoms with E-state index in [0.717, 1.165) is 18.3 Å². The quantitative estimate of drug-likeness (QED) is 0.666. The number of nitrogens with two attached hydrogens (primary N) is 1. The van der Waals surface area contributed by atoms with Gasteiger partial charge in [-0.3, -0.25) is 11.3 Å². The van der Waals surface area contributed by atoms with E-state index in [1.165, 1.54) is 18.4 Å². The van der Waals surface area contributed by atoms with Gasteiger partial charge in [-0.25, -0.2) is 0 Å². The number of benzene rings is 2. The van der Waals surface area contributed by atoms with Crippen LogP contribution in [0, 0.1) is 11.8 Å². The number of fused-ring (bicyclic) bond motifs is 3. The molecule has 2 aliphatic carbocycles. The Kier molecular flexibility index (Phi) is 3.28. The minimum Gasteiger partial charge on any atom is -0.271 e. The molecule has 21 heavy (non-hydrogen) atoms. The highest BCUT2D eigenvalue weighted by molar-refractivity contribution is 5.40. The number of rotatable bonds is 4. The van der Waals surface area contributed by atoms with Crippen molar-refractivity contribution in [3.05, 3.63) is 71.3 Å². The highest BCUT2D eigenvalue weighted by Crippen LogP contribution is 2.61. The van der Waals surface area contributed by atoms with Gasteiger partial charge in [0.25, 0.3) is 0 Å². The van der Waals surface area contributed by atoms with Crippen LogP contribution >= 0.6 is 0 Å². The van der Waals surface area contributed by atoms with Crippen LogP contribution in [0.15, 0.2) is 54.6 Å². The summed E-state index contributed by atoms with van der Waals surface area (Å²) in [6, 6.07) is 20.0. The van der Waals surface area contributed by atoms with Gasteiger partial charge >= 0.3 is 0 Å². The van der Waals surface area contributed by atoms with Crippen LogP contribution in [0.5, 0.6) is 0 Å². The van der Waals surface area contributed by atoms with Crippen molar-refractivity contribution in [2.75, 3.05) is 0 Å². The molecule has 4 unspecified atom stereocenters. The summed E-state index contributed by atoms with van der Waals surface area (Å²) in [4.78, 5) is 0. The molecule has 2 nitrogen and oxygen atoms in total. The summed E-state index contributed by atoms with van der Waals surface area (Å²) in [5.41, 5.74) is 7.60. The molecule has 0 heterocycles. The first-order chi connectivity index (χ1) is 10.4. The van der Waals surface area contributed by atoms with Gasteiger partial charge in [-0.1, -0.05) is 54.6 Å². The van der Waals surface area contributed by atoms with E-state index in [4.69, 9.17) is 5.84 Å². The molecule has 1 fully saturated rings. The molecule has 0 amide bonds. The van der Waals surface area contributed by atoms with Gasteiger partial charge in [0.15, 0.2) is 0 Å². The summed E-state index contributed by atoms with van der Waals surface area (Å²) in [5, 5.41) is 0. The average Bonchev–Trinajstić information content (AvgIpc) is 3.28. The van der Waals surface area contributed by atoms with E-state index < -0.39 is 0 Å². The maximum atomic E-state index is 5.89. The number of aryl methyl sites for hydroxylation is 1. The Morgan fingerprint density at radius 1 is 1.05 bits per heavy atom. The first-order valence-electron chi connectivity index (χ1n) is 7.96. The van der Waals surface area contributed by atoms with Gasteiger partial charge in [0.05, 0.1) is 0 Å². The highest BCUT2D eigenvalue weighted by Gasteiger charge is 2.55. The fourth-order valence-corrected chi connectivity index (χ4v) is 4.34. The molecule has 4 rings (SSSR count). The van der Waals surface area contributed by atoms with E-state index in [2.05, 4.69) is 60.0 Å². The second-order valence-corrected chi connectivity index (χ2v) is 6.47. The number of hydrazine groups is 1. The third kappa shape index (κ3) is 2.29. The van der Waals surface area contributed by atoms with Crippen molar-refractivity contribution in [3.8, 4) is 0 Å². The first-order valence-corrected chi connectivity index (χ1v) is 7.96. The average molecular weight is 278 g/mol. The summed E-state index contributed by atoms with van der Waals surface area (Å²) in [5.74, 6) is 8.12. The third-order valence-corrected chi connectivity index (χ3v) is 5.37. The van der Waals surface area contributed by atoms with Gasteiger partial charge in [0.2, 0.25) is 0 Å². The second kappa shape index (κ2) is 5.28. The minimum atomic E-state index is 0.383. The fourth-order valence-electron chi connectivity index (χ4n) is 4.34. The van der Waals surface area contributed by atoms with Gasteiger partial charge in [-0.15, -0.1) is 0 Å². The monoisotopic (exact) mass is 278 g/mol. The van der Waals surface area contributed by atoms with Gasteiger partial charge < -0.3 is 0 Å². The molecule has 0 radical (unpaired) electrons. The van der Waals surface area contributed by atoms with Gasteiger partial charge in [-0.2, -0.15) is 0 Å². The van der Waals surface area contributed by atoms with E-state index in [1.807, 2.05) is 0 Å². The Bertz CT molecular complexity index is 622. The first kappa shape index (κ1) is 13.1. The fraction of sp³-hybridized carbons (Fsp3) is 0.368. The molecule has 1 saturated carbocycles. The van der Waals surface area contributed by atoms with Crippen molar-refractivity contribution in [2.45, 2.75) is 31.2 Å². The summed E-state index contributed by atoms with van der Waals surface area (Å²) >= 11 is 0. The number of nitrogens with one attached hydrogen (secondary N) is 1. The Morgan fingerprint density at radius 2 is 1.81 bits per heavy atom. The van der Waals surface area contributed by atoms with Crippen molar-refractivity contribution < 1.29 is 0 Å². The molecule has 2 aromatic carbocycles. The molecular weight excluding hydrogens is 256 g/mol. The largest absolute Gasteiger partial charge is 0.271 e. The Labute approximate surface area is 126 Å². The number of hydrogen-bond donors (Lipinski definition) is 2. The smallest absolute Gasteiger partial charge is 0.0287 e. The normalized spacial score (nSPS) is 27.6. The molecule has 0 saturated heterocycles. The van der Waals surface area contributed by atoms with Crippen LogP contribution in [-0.2, 0) is 12.8 Å². The topological polar surface area (TPSA) is 38.0 Å². The van der Waals surface area contributed by atoms with Crippen molar-refractivity contribution in [1.82, 2.24) is 5.43 Å². The van der Waals surface area contributed by atoms with Crippen LogP contribution in [0.2, 0.25) is 0 Å². The number of hydrogen-bond acceptors (Lipinski definition) is 2. The van der Waals surface area contributed by atoms with E-state index in [1.54, 1.807) is 11.1 Å². The predicted octanol–water partition coefficient (Wildman–Crippen LogP) is 3.04. The van der Waals surface area contributed by atoms with Gasteiger partial charge in [0.1, 0.15) is 0 Å². The zero-order valence-electron chi connectivity index (χ0n) is 12.2. The van der Waals surface area contributed by atoms with Crippen LogP contribution in [0.25, 0.3) is 0 Å². The zero-order valence-corrected chi connectivity index (χ0v) is 12.2. The highest BCUT2D eigenvalue weighted by atomic mass is 15.2. The van der Waals surface area contributed by atoms with Crippen molar-refractivity contribution in [2.24, 2.45) is 17.7 Å². The van der Waals surface area contributed by atoms with E-state index in [0.29, 0.717) is 12.0 Å². The summed E-state index contributed by atoms with van der Waals surface area (Å²) in [7, 11) is 0. The van der Waals surface area contributed by atoms with Crippen molar-refractivity contribution >= 4 is 0 Å². The molecule has 3 N–H and O–H groups in total. The Balaban J connectivity index is 1.55. The Morgan fingerprint density at radius 3 is 2.62 bits per heavy atom. The molecule has 108 valence electrons. The van der Waals surface area contributed by atoms with Crippen molar-refractivity contribution in [3.63, 3.8) is 0 Å². The lowest BCUT2D eigenvalue weighted by molar-refractivity contribution is 0.441. The maximum Gasteiger partial charge on any atom is 0.0287 e. The van der Waals surface area contributed by atoms with Crippen LogP contribution in [0.4, 0.5) is 0 Å². The van der Waals surface area contributed by atoms with Crippen LogP contribution in [-0.4, -0.2) is 6.04 Å². The molecule has 0 aliphatic heterocycles. The summed E-state index contributed by atoms with van der Waals surface area (Å²) in [6.07, 6.45) is 3.58. The SMILES string of the molecule is NNC(Cc1ccccc1)C1C2CCc3ccccc3C21. The second-order valence-electron chi connectivity index (χ2n) is 6.47. The molecule has 2 aromatic rings. The zero-order chi connectivity index (χ0) is 14.2. The lowest BCUT2D eigenvalue weighted by atomic mass is 9.92. The van der Waals surface area contributed by atoms with E-state index >= 15 is 0 Å². The van der Waals surface area contributed by atoms with Crippen molar-refractivity contribution in [1.29, 1.82) is 0 Å². The molecule has 0 bridgehead atoms. The third-order valence-electron chi connectivity index (χ3n) is 5.37. The van der Waals surface area contributed by atoms with Gasteiger partial charge in [-0.05, 0) is 53.7 Å². The maximum absolute atomic E-state index is 5.89.